The average Bonchev–Trinajstić information content (AvgIpc) is 2.49. The van der Waals surface area contributed by atoms with Crippen molar-refractivity contribution < 1.29 is 19.1 Å². The topological polar surface area (TPSA) is 55.8 Å². The molecule has 116 valence electrons. The van der Waals surface area contributed by atoms with Gasteiger partial charge in [-0.2, -0.15) is 0 Å². The summed E-state index contributed by atoms with van der Waals surface area (Å²) in [6.45, 7) is 1.06. The highest BCUT2D eigenvalue weighted by atomic mass is 79.9. The Balaban J connectivity index is 2.82. The Morgan fingerprint density at radius 2 is 2.00 bits per heavy atom. The third kappa shape index (κ3) is 5.65. The largest absolute Gasteiger partial charge is 0.469 e. The van der Waals surface area contributed by atoms with Gasteiger partial charge in [0.2, 0.25) is 0 Å². The lowest BCUT2D eigenvalue weighted by Gasteiger charge is -2.22. The van der Waals surface area contributed by atoms with Gasteiger partial charge in [-0.3, -0.25) is 9.59 Å². The average molecular weight is 379 g/mol. The van der Waals surface area contributed by atoms with E-state index in [1.165, 1.54) is 7.11 Å². The second kappa shape index (κ2) is 9.02. The zero-order valence-electron chi connectivity index (χ0n) is 11.9. The Labute approximate surface area is 137 Å². The van der Waals surface area contributed by atoms with Crippen LogP contribution >= 0.6 is 27.5 Å². The van der Waals surface area contributed by atoms with Crippen molar-refractivity contribution in [3.63, 3.8) is 0 Å². The monoisotopic (exact) mass is 377 g/mol. The maximum absolute atomic E-state index is 12.5. The molecule has 7 heteroatoms. The zero-order valence-corrected chi connectivity index (χ0v) is 14.2. The van der Waals surface area contributed by atoms with Gasteiger partial charge in [-0.05, 0) is 34.1 Å². The van der Waals surface area contributed by atoms with Crippen LogP contribution < -0.4 is 0 Å². The van der Waals surface area contributed by atoms with E-state index >= 15 is 0 Å². The van der Waals surface area contributed by atoms with E-state index in [2.05, 4.69) is 20.7 Å². The number of esters is 1. The molecule has 0 radical (unpaired) electrons. The number of benzene rings is 1. The summed E-state index contributed by atoms with van der Waals surface area (Å²) >= 11 is 9.21. The molecule has 0 spiro atoms. The molecular weight excluding hydrogens is 362 g/mol. The highest BCUT2D eigenvalue weighted by molar-refractivity contribution is 9.10. The van der Waals surface area contributed by atoms with Gasteiger partial charge < -0.3 is 14.4 Å². The number of carbonyl (C=O) groups is 2. The molecule has 0 aliphatic carbocycles. The predicted molar refractivity (Wildman–Crippen MR) is 83.6 cm³/mol. The van der Waals surface area contributed by atoms with E-state index in [9.17, 15) is 9.59 Å². The van der Waals surface area contributed by atoms with Crippen LogP contribution in [0.25, 0.3) is 0 Å². The second-order valence-corrected chi connectivity index (χ2v) is 5.50. The highest BCUT2D eigenvalue weighted by Gasteiger charge is 2.17. The Morgan fingerprint density at radius 3 is 2.57 bits per heavy atom. The first-order chi connectivity index (χ1) is 9.99. The number of halogens is 2. The molecule has 1 aromatic rings. The molecule has 0 atom stereocenters. The van der Waals surface area contributed by atoms with Gasteiger partial charge in [0.1, 0.15) is 0 Å². The van der Waals surface area contributed by atoms with Crippen molar-refractivity contribution >= 4 is 39.4 Å². The van der Waals surface area contributed by atoms with Crippen LogP contribution in [0, 0.1) is 0 Å². The summed E-state index contributed by atoms with van der Waals surface area (Å²) in [5.41, 5.74) is 0.493. The van der Waals surface area contributed by atoms with Gasteiger partial charge >= 0.3 is 5.97 Å². The number of rotatable bonds is 7. The standard InChI is InChI=1S/C14H17BrClNO4/c1-20-8-7-17(6-5-13(18)21-2)14(19)10-3-4-12(16)11(15)9-10/h3-4,9H,5-8H2,1-2H3. The molecular formula is C14H17BrClNO4. The number of nitrogens with zero attached hydrogens (tertiary/aromatic N) is 1. The van der Waals surface area contributed by atoms with Crippen LogP contribution in [0.15, 0.2) is 22.7 Å². The zero-order chi connectivity index (χ0) is 15.8. The van der Waals surface area contributed by atoms with Crippen molar-refractivity contribution in [2.24, 2.45) is 0 Å². The molecule has 0 saturated heterocycles. The van der Waals surface area contributed by atoms with Crippen molar-refractivity contribution in [3.05, 3.63) is 33.3 Å². The van der Waals surface area contributed by atoms with Gasteiger partial charge in [0.15, 0.2) is 0 Å². The minimum Gasteiger partial charge on any atom is -0.469 e. The van der Waals surface area contributed by atoms with E-state index in [0.717, 1.165) is 0 Å². The molecule has 0 saturated carbocycles. The van der Waals surface area contributed by atoms with E-state index in [4.69, 9.17) is 16.3 Å². The quantitative estimate of drug-likeness (QED) is 0.685. The molecule has 0 bridgehead atoms. The summed E-state index contributed by atoms with van der Waals surface area (Å²) in [7, 11) is 2.88. The smallest absolute Gasteiger partial charge is 0.307 e. The summed E-state index contributed by atoms with van der Waals surface area (Å²) in [6.07, 6.45) is 0.140. The maximum Gasteiger partial charge on any atom is 0.307 e. The summed E-state index contributed by atoms with van der Waals surface area (Å²) in [6, 6.07) is 4.95. The summed E-state index contributed by atoms with van der Waals surface area (Å²) in [4.78, 5) is 25.3. The van der Waals surface area contributed by atoms with Gasteiger partial charge in [0.25, 0.3) is 5.91 Å². The predicted octanol–water partition coefficient (Wildman–Crippen LogP) is 2.75. The first-order valence-electron chi connectivity index (χ1n) is 6.29. The minimum atomic E-state index is -0.359. The number of ether oxygens (including phenoxy) is 2. The van der Waals surface area contributed by atoms with Crippen LogP contribution in [-0.2, 0) is 14.3 Å². The first-order valence-corrected chi connectivity index (χ1v) is 7.46. The van der Waals surface area contributed by atoms with Crippen molar-refractivity contribution in [2.75, 3.05) is 33.9 Å². The molecule has 21 heavy (non-hydrogen) atoms. The fourth-order valence-electron chi connectivity index (χ4n) is 1.66. The molecule has 1 aromatic carbocycles. The minimum absolute atomic E-state index is 0.140. The fraction of sp³-hybridized carbons (Fsp3) is 0.429. The van der Waals surface area contributed by atoms with E-state index in [-0.39, 0.29) is 24.8 Å². The van der Waals surface area contributed by atoms with Crippen LogP contribution in [0.2, 0.25) is 5.02 Å². The van der Waals surface area contributed by atoms with Gasteiger partial charge in [0, 0.05) is 30.2 Å². The third-order valence-corrected chi connectivity index (χ3v) is 4.05. The van der Waals surface area contributed by atoms with E-state index in [1.807, 2.05) is 0 Å². The summed E-state index contributed by atoms with van der Waals surface area (Å²) < 4.78 is 10.2. The molecule has 0 aromatic heterocycles. The molecule has 1 rings (SSSR count). The van der Waals surface area contributed by atoms with Crippen LogP contribution in [-0.4, -0.2) is 50.7 Å². The Bertz CT molecular complexity index is 510. The van der Waals surface area contributed by atoms with Crippen molar-refractivity contribution in [2.45, 2.75) is 6.42 Å². The molecule has 1 amide bonds. The Hall–Kier alpha value is -1.11. The van der Waals surface area contributed by atoms with Crippen LogP contribution in [0.1, 0.15) is 16.8 Å². The fourth-order valence-corrected chi connectivity index (χ4v) is 2.15. The molecule has 0 heterocycles. The molecule has 0 aliphatic heterocycles. The lowest BCUT2D eigenvalue weighted by Crippen LogP contribution is -2.35. The van der Waals surface area contributed by atoms with Crippen molar-refractivity contribution in [1.29, 1.82) is 0 Å². The Morgan fingerprint density at radius 1 is 1.29 bits per heavy atom. The number of methoxy groups -OCH3 is 2. The van der Waals surface area contributed by atoms with Crippen molar-refractivity contribution in [1.82, 2.24) is 4.90 Å². The molecule has 0 aliphatic rings. The Kier molecular flexibility index (Phi) is 7.71. The number of amides is 1. The van der Waals surface area contributed by atoms with Gasteiger partial charge in [-0.15, -0.1) is 0 Å². The molecule has 0 unspecified atom stereocenters. The second-order valence-electron chi connectivity index (χ2n) is 4.24. The lowest BCUT2D eigenvalue weighted by atomic mass is 10.2. The van der Waals surface area contributed by atoms with E-state index < -0.39 is 0 Å². The number of hydrogen-bond acceptors (Lipinski definition) is 4. The van der Waals surface area contributed by atoms with Crippen molar-refractivity contribution in [3.8, 4) is 0 Å². The summed E-state index contributed by atoms with van der Waals surface area (Å²) in [5.74, 6) is -0.546. The third-order valence-electron chi connectivity index (χ3n) is 2.83. The first kappa shape index (κ1) is 17.9. The SMILES string of the molecule is COCCN(CCC(=O)OC)C(=O)c1ccc(Cl)c(Br)c1. The van der Waals surface area contributed by atoms with Gasteiger partial charge in [-0.25, -0.2) is 0 Å². The summed E-state index contributed by atoms with van der Waals surface area (Å²) in [5, 5.41) is 0.532. The lowest BCUT2D eigenvalue weighted by molar-refractivity contribution is -0.140. The van der Waals surface area contributed by atoms with Gasteiger partial charge in [-0.1, -0.05) is 11.6 Å². The molecule has 5 nitrogen and oxygen atoms in total. The molecule has 0 fully saturated rings. The van der Waals surface area contributed by atoms with Crippen LogP contribution in [0.5, 0.6) is 0 Å². The van der Waals surface area contributed by atoms with E-state index in [0.29, 0.717) is 28.2 Å². The maximum atomic E-state index is 12.5. The van der Waals surface area contributed by atoms with Crippen LogP contribution in [0.4, 0.5) is 0 Å². The van der Waals surface area contributed by atoms with Gasteiger partial charge in [0.05, 0.1) is 25.2 Å². The normalized spacial score (nSPS) is 10.3. The number of carbonyl (C=O) groups excluding carboxylic acids is 2. The van der Waals surface area contributed by atoms with Crippen LogP contribution in [0.3, 0.4) is 0 Å². The number of hydrogen-bond donors (Lipinski definition) is 0. The van der Waals surface area contributed by atoms with E-state index in [1.54, 1.807) is 30.2 Å². The highest BCUT2D eigenvalue weighted by Crippen LogP contribution is 2.23. The molecule has 0 N–H and O–H groups in total.